The number of ether oxygens (including phenoxy) is 1. The van der Waals surface area contributed by atoms with Gasteiger partial charge in [-0.1, -0.05) is 39.3 Å². The second kappa shape index (κ2) is 2.38. The second-order valence-corrected chi connectivity index (χ2v) is 3.99. The van der Waals surface area contributed by atoms with Gasteiger partial charge in [0.2, 0.25) is 0 Å². The lowest BCUT2D eigenvalue weighted by atomic mass is 9.86. The highest BCUT2D eigenvalue weighted by Crippen LogP contribution is 2.50. The molecule has 0 N–H and O–H groups in total. The van der Waals surface area contributed by atoms with Gasteiger partial charge >= 0.3 is 0 Å². The van der Waals surface area contributed by atoms with E-state index in [1.54, 1.807) is 0 Å². The van der Waals surface area contributed by atoms with Crippen molar-refractivity contribution in [3.05, 3.63) is 0 Å². The van der Waals surface area contributed by atoms with Gasteiger partial charge in [-0.2, -0.15) is 0 Å². The lowest BCUT2D eigenvalue weighted by Gasteiger charge is -2.19. The van der Waals surface area contributed by atoms with Crippen LogP contribution in [0.1, 0.15) is 27.7 Å². The minimum absolute atomic E-state index is 0.0262. The smallest absolute Gasteiger partial charge is 0.161 e. The summed E-state index contributed by atoms with van der Waals surface area (Å²) < 4.78 is 5.39. The summed E-state index contributed by atoms with van der Waals surface area (Å²) in [5, 5.41) is 0. The molecule has 1 aliphatic rings. The number of hydrogen-bond donors (Lipinski definition) is 0. The van der Waals surface area contributed by atoms with Crippen LogP contribution < -0.4 is 0 Å². The Morgan fingerprint density at radius 1 is 1.20 bits per heavy atom. The summed E-state index contributed by atoms with van der Waals surface area (Å²) >= 11 is 5.88. The van der Waals surface area contributed by atoms with Crippen LogP contribution in [0.25, 0.3) is 0 Å². The van der Waals surface area contributed by atoms with Gasteiger partial charge in [-0.25, -0.2) is 0 Å². The van der Waals surface area contributed by atoms with Gasteiger partial charge in [0.1, 0.15) is 5.60 Å². The molecule has 10 heavy (non-hydrogen) atoms. The first-order chi connectivity index (χ1) is 4.51. The van der Waals surface area contributed by atoms with Crippen LogP contribution in [0.15, 0.2) is 0 Å². The van der Waals surface area contributed by atoms with E-state index in [2.05, 4.69) is 27.7 Å². The molecule has 0 aliphatic carbocycles. The van der Waals surface area contributed by atoms with E-state index in [9.17, 15) is 0 Å². The van der Waals surface area contributed by atoms with Crippen molar-refractivity contribution in [3.8, 4) is 0 Å². The standard InChI is InChI=1S/C8H15ClO/c1-5(2)8(6(3)4)7(9)10-8/h5-7H,1-4H3. The fourth-order valence-corrected chi connectivity index (χ4v) is 2.27. The molecule has 0 radical (unpaired) electrons. The average Bonchev–Trinajstić information content (AvgIpc) is 2.42. The molecule has 1 saturated heterocycles. The molecule has 1 rings (SSSR count). The van der Waals surface area contributed by atoms with Crippen LogP contribution in [0.5, 0.6) is 0 Å². The van der Waals surface area contributed by atoms with E-state index in [1.807, 2.05) is 0 Å². The van der Waals surface area contributed by atoms with Gasteiger partial charge in [0, 0.05) is 0 Å². The number of halogens is 1. The summed E-state index contributed by atoms with van der Waals surface area (Å²) in [4.78, 5) is 0. The maximum atomic E-state index is 5.88. The van der Waals surface area contributed by atoms with Crippen molar-refractivity contribution < 1.29 is 4.74 Å². The van der Waals surface area contributed by atoms with Gasteiger partial charge in [0.25, 0.3) is 0 Å². The van der Waals surface area contributed by atoms with Gasteiger partial charge in [-0.3, -0.25) is 0 Å². The molecule has 1 heterocycles. The van der Waals surface area contributed by atoms with Crippen molar-refractivity contribution in [2.24, 2.45) is 11.8 Å². The van der Waals surface area contributed by atoms with E-state index in [1.165, 1.54) is 0 Å². The molecular weight excluding hydrogens is 148 g/mol. The molecule has 60 valence electrons. The molecule has 1 atom stereocenters. The molecule has 1 fully saturated rings. The lowest BCUT2D eigenvalue weighted by Crippen LogP contribution is -2.27. The fourth-order valence-electron chi connectivity index (χ4n) is 1.61. The molecule has 2 heteroatoms. The molecule has 0 bridgehead atoms. The largest absolute Gasteiger partial charge is 0.348 e. The van der Waals surface area contributed by atoms with Crippen molar-refractivity contribution in [1.82, 2.24) is 0 Å². The summed E-state index contributed by atoms with van der Waals surface area (Å²) in [6.45, 7) is 8.62. The Hall–Kier alpha value is 0.250. The van der Waals surface area contributed by atoms with Gasteiger partial charge < -0.3 is 4.74 Å². The third kappa shape index (κ3) is 0.960. The number of alkyl halides is 1. The number of epoxide rings is 1. The van der Waals surface area contributed by atoms with E-state index >= 15 is 0 Å². The highest BCUT2D eigenvalue weighted by atomic mass is 35.5. The van der Waals surface area contributed by atoms with Gasteiger partial charge in [-0.05, 0) is 11.8 Å². The molecule has 0 amide bonds. The van der Waals surface area contributed by atoms with Crippen molar-refractivity contribution >= 4 is 11.6 Å². The second-order valence-electron chi connectivity index (χ2n) is 3.60. The Balaban J connectivity index is 2.64. The number of rotatable bonds is 2. The predicted octanol–water partition coefficient (Wildman–Crippen LogP) is 2.63. The van der Waals surface area contributed by atoms with Crippen molar-refractivity contribution in [2.75, 3.05) is 0 Å². The van der Waals surface area contributed by atoms with E-state index in [4.69, 9.17) is 16.3 Å². The average molecular weight is 163 g/mol. The first-order valence-corrected chi connectivity index (χ1v) is 4.27. The van der Waals surface area contributed by atoms with Crippen LogP contribution >= 0.6 is 11.6 Å². The zero-order valence-corrected chi connectivity index (χ0v) is 7.77. The molecule has 0 aromatic heterocycles. The number of hydrogen-bond acceptors (Lipinski definition) is 1. The first kappa shape index (κ1) is 8.35. The van der Waals surface area contributed by atoms with Crippen LogP contribution in [-0.4, -0.2) is 11.2 Å². The highest BCUT2D eigenvalue weighted by Gasteiger charge is 2.59. The normalized spacial score (nSPS) is 29.7. The molecule has 1 nitrogen and oxygen atoms in total. The van der Waals surface area contributed by atoms with Crippen LogP contribution in [0.3, 0.4) is 0 Å². The van der Waals surface area contributed by atoms with E-state index in [-0.39, 0.29) is 11.2 Å². The summed E-state index contributed by atoms with van der Waals surface area (Å²) in [5.74, 6) is 1.05. The van der Waals surface area contributed by atoms with Gasteiger partial charge in [0.05, 0.1) is 0 Å². The van der Waals surface area contributed by atoms with Crippen molar-refractivity contribution in [3.63, 3.8) is 0 Å². The summed E-state index contributed by atoms with van der Waals surface area (Å²) in [5.41, 5.74) is -0.0748. The highest BCUT2D eigenvalue weighted by molar-refractivity contribution is 6.22. The van der Waals surface area contributed by atoms with Gasteiger partial charge in [0.15, 0.2) is 5.56 Å². The molecule has 0 aromatic carbocycles. The minimum atomic E-state index is -0.0486. The molecule has 1 unspecified atom stereocenters. The molecule has 0 saturated carbocycles. The van der Waals surface area contributed by atoms with E-state index in [0.717, 1.165) is 0 Å². The quantitative estimate of drug-likeness (QED) is 0.449. The Morgan fingerprint density at radius 3 is 1.50 bits per heavy atom. The SMILES string of the molecule is CC(C)C1(C(C)C)OC1Cl. The molecule has 1 aliphatic heterocycles. The third-order valence-electron chi connectivity index (χ3n) is 2.41. The third-order valence-corrected chi connectivity index (χ3v) is 2.84. The molecule has 0 aromatic rings. The van der Waals surface area contributed by atoms with Crippen LogP contribution in [0, 0.1) is 11.8 Å². The zero-order valence-electron chi connectivity index (χ0n) is 7.02. The monoisotopic (exact) mass is 162 g/mol. The Kier molecular flexibility index (Phi) is 1.99. The maximum absolute atomic E-state index is 5.88. The lowest BCUT2D eigenvalue weighted by molar-refractivity contribution is 0.181. The van der Waals surface area contributed by atoms with Crippen LogP contribution in [-0.2, 0) is 4.74 Å². The topological polar surface area (TPSA) is 12.5 Å². The zero-order chi connectivity index (χ0) is 7.94. The Bertz CT molecular complexity index is 123. The van der Waals surface area contributed by atoms with Crippen LogP contribution in [0.4, 0.5) is 0 Å². The van der Waals surface area contributed by atoms with Crippen LogP contribution in [0.2, 0.25) is 0 Å². The minimum Gasteiger partial charge on any atom is -0.348 e. The summed E-state index contributed by atoms with van der Waals surface area (Å²) in [6, 6.07) is 0. The van der Waals surface area contributed by atoms with E-state index in [0.29, 0.717) is 11.8 Å². The predicted molar refractivity (Wildman–Crippen MR) is 43.1 cm³/mol. The Morgan fingerprint density at radius 2 is 1.50 bits per heavy atom. The van der Waals surface area contributed by atoms with Crippen molar-refractivity contribution in [2.45, 2.75) is 38.9 Å². The molecule has 0 spiro atoms. The first-order valence-electron chi connectivity index (χ1n) is 3.83. The van der Waals surface area contributed by atoms with Gasteiger partial charge in [-0.15, -0.1) is 0 Å². The molecular formula is C8H15ClO. The maximum Gasteiger partial charge on any atom is 0.161 e. The van der Waals surface area contributed by atoms with Crippen molar-refractivity contribution in [1.29, 1.82) is 0 Å². The fraction of sp³-hybridized carbons (Fsp3) is 1.00. The Labute approximate surface area is 67.7 Å². The summed E-state index contributed by atoms with van der Waals surface area (Å²) in [7, 11) is 0. The summed E-state index contributed by atoms with van der Waals surface area (Å²) in [6.07, 6.45) is 0. The van der Waals surface area contributed by atoms with E-state index < -0.39 is 0 Å².